The number of hydrogen-bond acceptors (Lipinski definition) is 4. The van der Waals surface area contributed by atoms with Gasteiger partial charge in [-0.3, -0.25) is 0 Å². The van der Waals surface area contributed by atoms with E-state index in [0.717, 1.165) is 30.5 Å². The molecular weight excluding hydrogens is 276 g/mol. The number of aromatic nitrogens is 4. The summed E-state index contributed by atoms with van der Waals surface area (Å²) in [4.78, 5) is 4.28. The monoisotopic (exact) mass is 301 g/mol. The number of anilines is 1. The van der Waals surface area contributed by atoms with Crippen LogP contribution in [0, 0.1) is 6.92 Å². The molecule has 0 aromatic carbocycles. The quantitative estimate of drug-likeness (QED) is 0.876. The van der Waals surface area contributed by atoms with Gasteiger partial charge in [0.2, 0.25) is 5.65 Å². The summed E-state index contributed by atoms with van der Waals surface area (Å²) in [6, 6.07) is 3.05. The smallest absolute Gasteiger partial charge is 0.200 e. The molecule has 1 aliphatic heterocycles. The fourth-order valence-corrected chi connectivity index (χ4v) is 4.12. The van der Waals surface area contributed by atoms with Gasteiger partial charge in [-0.2, -0.15) is 9.61 Å². The Kier molecular flexibility index (Phi) is 3.70. The molecule has 22 heavy (non-hydrogen) atoms. The van der Waals surface area contributed by atoms with Crippen LogP contribution < -0.4 is 9.80 Å². The van der Waals surface area contributed by atoms with Gasteiger partial charge in [0.05, 0.1) is 43.6 Å². The van der Waals surface area contributed by atoms with Crippen molar-refractivity contribution in [2.45, 2.75) is 45.1 Å². The van der Waals surface area contributed by atoms with E-state index in [4.69, 9.17) is 0 Å². The predicted molar refractivity (Wildman–Crippen MR) is 85.3 cm³/mol. The van der Waals surface area contributed by atoms with Gasteiger partial charge in [0.1, 0.15) is 6.33 Å². The molecule has 2 aliphatic rings. The first-order valence-corrected chi connectivity index (χ1v) is 8.58. The number of fused-ring (bicyclic) bond motifs is 1. The van der Waals surface area contributed by atoms with Crippen molar-refractivity contribution in [1.29, 1.82) is 0 Å². The summed E-state index contributed by atoms with van der Waals surface area (Å²) in [7, 11) is 0. The summed E-state index contributed by atoms with van der Waals surface area (Å²) in [6.07, 6.45) is 8.85. The van der Waals surface area contributed by atoms with Gasteiger partial charge in [0, 0.05) is 0 Å². The molecule has 1 saturated heterocycles. The maximum atomic E-state index is 4.44. The molecule has 6 nitrogen and oxygen atoms in total. The molecule has 3 heterocycles. The minimum absolute atomic E-state index is 0.881. The van der Waals surface area contributed by atoms with Crippen molar-refractivity contribution in [2.75, 3.05) is 31.1 Å². The van der Waals surface area contributed by atoms with Crippen molar-refractivity contribution in [3.63, 3.8) is 0 Å². The molecule has 0 atom stereocenters. The Bertz CT molecular complexity index is 637. The molecule has 0 bridgehead atoms. The summed E-state index contributed by atoms with van der Waals surface area (Å²) < 4.78 is 1.80. The van der Waals surface area contributed by atoms with Crippen LogP contribution in [-0.4, -0.2) is 52.0 Å². The molecule has 0 amide bonds. The molecule has 2 fully saturated rings. The van der Waals surface area contributed by atoms with Crippen molar-refractivity contribution in [2.24, 2.45) is 0 Å². The second-order valence-corrected chi connectivity index (χ2v) is 6.75. The minimum Gasteiger partial charge on any atom is -0.357 e. The van der Waals surface area contributed by atoms with E-state index in [1.165, 1.54) is 50.9 Å². The summed E-state index contributed by atoms with van der Waals surface area (Å²) in [5, 5.41) is 12.7. The molecule has 118 valence electrons. The van der Waals surface area contributed by atoms with E-state index < -0.39 is 0 Å². The molecule has 4 rings (SSSR count). The van der Waals surface area contributed by atoms with Gasteiger partial charge < -0.3 is 9.80 Å². The van der Waals surface area contributed by atoms with E-state index in [0.29, 0.717) is 0 Å². The van der Waals surface area contributed by atoms with Crippen molar-refractivity contribution in [3.05, 3.63) is 18.1 Å². The van der Waals surface area contributed by atoms with Crippen LogP contribution in [0.5, 0.6) is 0 Å². The molecule has 1 saturated carbocycles. The normalized spacial score (nSPS) is 21.6. The van der Waals surface area contributed by atoms with Crippen LogP contribution >= 0.6 is 0 Å². The van der Waals surface area contributed by atoms with E-state index in [1.54, 1.807) is 10.8 Å². The van der Waals surface area contributed by atoms with Crippen molar-refractivity contribution >= 4 is 11.3 Å². The molecule has 6 heteroatoms. The molecule has 1 N–H and O–H groups in total. The summed E-state index contributed by atoms with van der Waals surface area (Å²) in [5.41, 5.74) is 3.09. The van der Waals surface area contributed by atoms with Gasteiger partial charge in [-0.25, -0.2) is 0 Å². The number of nitrogens with one attached hydrogen (secondary N) is 1. The Labute approximate surface area is 131 Å². The Morgan fingerprint density at radius 3 is 2.68 bits per heavy atom. The number of quaternary nitrogens is 1. The first-order chi connectivity index (χ1) is 10.8. The molecule has 0 spiro atoms. The van der Waals surface area contributed by atoms with Gasteiger partial charge in [0.25, 0.3) is 0 Å². The van der Waals surface area contributed by atoms with Gasteiger partial charge in [0.15, 0.2) is 0 Å². The molecule has 0 radical (unpaired) electrons. The van der Waals surface area contributed by atoms with Crippen molar-refractivity contribution in [3.8, 4) is 0 Å². The van der Waals surface area contributed by atoms with E-state index in [1.807, 2.05) is 11.8 Å². The van der Waals surface area contributed by atoms with E-state index in [9.17, 15) is 0 Å². The zero-order valence-corrected chi connectivity index (χ0v) is 13.3. The number of piperazine rings is 1. The van der Waals surface area contributed by atoms with E-state index in [-0.39, 0.29) is 0 Å². The lowest BCUT2D eigenvalue weighted by molar-refractivity contribution is -0.927. The van der Waals surface area contributed by atoms with E-state index >= 15 is 0 Å². The zero-order valence-electron chi connectivity index (χ0n) is 13.3. The van der Waals surface area contributed by atoms with Crippen LogP contribution in [0.15, 0.2) is 12.4 Å². The SMILES string of the molecule is Cc1cc(N2CC[NH+](C3CCCCC3)CC2)c2nncn2n1. The van der Waals surface area contributed by atoms with Crippen LogP contribution in [0.3, 0.4) is 0 Å². The first-order valence-electron chi connectivity index (χ1n) is 8.58. The Morgan fingerprint density at radius 2 is 1.91 bits per heavy atom. The second kappa shape index (κ2) is 5.83. The lowest BCUT2D eigenvalue weighted by Gasteiger charge is -2.38. The largest absolute Gasteiger partial charge is 0.357 e. The Hall–Kier alpha value is -1.69. The van der Waals surface area contributed by atoms with Crippen molar-refractivity contribution in [1.82, 2.24) is 19.8 Å². The fraction of sp³-hybridized carbons (Fsp3) is 0.688. The maximum absolute atomic E-state index is 4.44. The average Bonchev–Trinajstić information content (AvgIpc) is 3.03. The minimum atomic E-state index is 0.881. The third-order valence-electron chi connectivity index (χ3n) is 5.30. The summed E-state index contributed by atoms with van der Waals surface area (Å²) in [5.74, 6) is 0. The van der Waals surface area contributed by atoms with Crippen LogP contribution in [0.25, 0.3) is 5.65 Å². The zero-order chi connectivity index (χ0) is 14.9. The highest BCUT2D eigenvalue weighted by atomic mass is 15.4. The van der Waals surface area contributed by atoms with Gasteiger partial charge in [-0.05, 0) is 38.7 Å². The fourth-order valence-electron chi connectivity index (χ4n) is 4.12. The average molecular weight is 301 g/mol. The van der Waals surface area contributed by atoms with Gasteiger partial charge >= 0.3 is 0 Å². The predicted octanol–water partition coefficient (Wildman–Crippen LogP) is 0.470. The molecule has 2 aromatic heterocycles. The molecule has 1 aliphatic carbocycles. The standard InChI is InChI=1S/C16H24N6/c1-13-11-15(16-18-17-12-22(16)19-13)21-9-7-20(8-10-21)14-5-3-2-4-6-14/h11-12,14H,2-10H2,1H3/p+1. The highest BCUT2D eigenvalue weighted by Crippen LogP contribution is 2.21. The van der Waals surface area contributed by atoms with E-state index in [2.05, 4.69) is 26.3 Å². The van der Waals surface area contributed by atoms with Crippen molar-refractivity contribution < 1.29 is 4.90 Å². The topological polar surface area (TPSA) is 50.8 Å². The summed E-state index contributed by atoms with van der Waals surface area (Å²) in [6.45, 7) is 6.74. The third-order valence-corrected chi connectivity index (χ3v) is 5.30. The van der Waals surface area contributed by atoms with Crippen LogP contribution in [0.4, 0.5) is 5.69 Å². The molecule has 0 unspecified atom stereocenters. The second-order valence-electron chi connectivity index (χ2n) is 6.75. The Balaban J connectivity index is 1.49. The molecular formula is C16H25N6+. The Morgan fingerprint density at radius 1 is 1.14 bits per heavy atom. The summed E-state index contributed by atoms with van der Waals surface area (Å²) >= 11 is 0. The number of aryl methyl sites for hydroxylation is 1. The highest BCUT2D eigenvalue weighted by Gasteiger charge is 2.29. The third kappa shape index (κ3) is 2.56. The van der Waals surface area contributed by atoms with Crippen LogP contribution in [0.2, 0.25) is 0 Å². The lowest BCUT2D eigenvalue weighted by Crippen LogP contribution is -3.18. The maximum Gasteiger partial charge on any atom is 0.200 e. The highest BCUT2D eigenvalue weighted by molar-refractivity contribution is 5.68. The molecule has 2 aromatic rings. The van der Waals surface area contributed by atoms with Crippen LogP contribution in [0.1, 0.15) is 37.8 Å². The lowest BCUT2D eigenvalue weighted by atomic mass is 9.94. The van der Waals surface area contributed by atoms with Gasteiger partial charge in [-0.15, -0.1) is 10.2 Å². The number of nitrogens with zero attached hydrogens (tertiary/aromatic N) is 5. The number of hydrogen-bond donors (Lipinski definition) is 1. The van der Waals surface area contributed by atoms with Gasteiger partial charge in [-0.1, -0.05) is 6.42 Å². The first kappa shape index (κ1) is 13.9. The van der Waals surface area contributed by atoms with Crippen LogP contribution in [-0.2, 0) is 0 Å². The number of rotatable bonds is 2.